The summed E-state index contributed by atoms with van der Waals surface area (Å²) < 4.78 is 5.05. The second-order valence-corrected chi connectivity index (χ2v) is 2.92. The summed E-state index contributed by atoms with van der Waals surface area (Å²) in [5.41, 5.74) is 0. The number of nitrogens with one attached hydrogen (secondary N) is 1. The smallest absolute Gasteiger partial charge is 0.371 e. The lowest BCUT2D eigenvalue weighted by Crippen LogP contribution is -2.13. The van der Waals surface area contributed by atoms with Gasteiger partial charge >= 0.3 is 5.97 Å². The molecule has 0 spiro atoms. The second kappa shape index (κ2) is 5.89. The number of carboxylic acid groups (broad SMARTS) is 1. The molecule has 0 unspecified atom stereocenters. The van der Waals surface area contributed by atoms with E-state index in [0.29, 0.717) is 12.3 Å². The number of furan rings is 1. The first kappa shape index (κ1) is 11.3. The SMILES string of the molecule is CC#CCCNCc1ccc(C(=O)O)o1. The maximum absolute atomic E-state index is 10.5. The minimum Gasteiger partial charge on any atom is -0.475 e. The van der Waals surface area contributed by atoms with E-state index in [4.69, 9.17) is 9.52 Å². The number of aromatic carboxylic acids is 1. The van der Waals surface area contributed by atoms with E-state index in [-0.39, 0.29) is 5.76 Å². The van der Waals surface area contributed by atoms with Gasteiger partial charge in [0.05, 0.1) is 6.54 Å². The van der Waals surface area contributed by atoms with Gasteiger partial charge in [-0.05, 0) is 19.1 Å². The topological polar surface area (TPSA) is 62.5 Å². The Labute approximate surface area is 88.3 Å². The van der Waals surface area contributed by atoms with Gasteiger partial charge in [-0.15, -0.1) is 11.8 Å². The minimum atomic E-state index is -1.04. The Morgan fingerprint density at radius 1 is 1.60 bits per heavy atom. The molecule has 0 fully saturated rings. The van der Waals surface area contributed by atoms with Crippen molar-refractivity contribution in [1.29, 1.82) is 0 Å². The van der Waals surface area contributed by atoms with Crippen LogP contribution in [0.4, 0.5) is 0 Å². The largest absolute Gasteiger partial charge is 0.475 e. The van der Waals surface area contributed by atoms with Crippen molar-refractivity contribution in [3.8, 4) is 11.8 Å². The molecule has 2 N–H and O–H groups in total. The summed E-state index contributed by atoms with van der Waals surface area (Å²) >= 11 is 0. The standard InChI is InChI=1S/C11H13NO3/c1-2-3-4-7-12-8-9-5-6-10(15-9)11(13)14/h5-6,12H,4,7-8H2,1H3,(H,13,14). The van der Waals surface area contributed by atoms with Crippen LogP contribution in [0.3, 0.4) is 0 Å². The van der Waals surface area contributed by atoms with Crippen molar-refractivity contribution in [3.05, 3.63) is 23.7 Å². The summed E-state index contributed by atoms with van der Waals surface area (Å²) in [7, 11) is 0. The summed E-state index contributed by atoms with van der Waals surface area (Å²) in [5, 5.41) is 11.7. The van der Waals surface area contributed by atoms with Gasteiger partial charge in [0.25, 0.3) is 0 Å². The number of rotatable bonds is 5. The molecule has 1 heterocycles. The van der Waals surface area contributed by atoms with E-state index >= 15 is 0 Å². The summed E-state index contributed by atoms with van der Waals surface area (Å²) in [4.78, 5) is 10.5. The molecule has 0 aliphatic carbocycles. The highest BCUT2D eigenvalue weighted by Gasteiger charge is 2.07. The lowest BCUT2D eigenvalue weighted by Gasteiger charge is -1.97. The molecule has 1 rings (SSSR count). The van der Waals surface area contributed by atoms with E-state index in [1.807, 2.05) is 0 Å². The summed E-state index contributed by atoms with van der Waals surface area (Å²) in [5.74, 6) is 5.27. The molecule has 0 bridgehead atoms. The fraction of sp³-hybridized carbons (Fsp3) is 0.364. The van der Waals surface area contributed by atoms with E-state index in [9.17, 15) is 4.79 Å². The van der Waals surface area contributed by atoms with Crippen LogP contribution in [-0.2, 0) is 6.54 Å². The maximum Gasteiger partial charge on any atom is 0.371 e. The van der Waals surface area contributed by atoms with Gasteiger partial charge in [-0.2, -0.15) is 0 Å². The van der Waals surface area contributed by atoms with Crippen molar-refractivity contribution in [2.24, 2.45) is 0 Å². The van der Waals surface area contributed by atoms with Crippen LogP contribution in [0, 0.1) is 11.8 Å². The Balaban J connectivity index is 2.30. The zero-order chi connectivity index (χ0) is 11.1. The fourth-order valence-electron chi connectivity index (χ4n) is 1.08. The number of hydrogen-bond acceptors (Lipinski definition) is 3. The molecule has 0 aliphatic heterocycles. The molecule has 0 aromatic carbocycles. The molecule has 80 valence electrons. The van der Waals surface area contributed by atoms with Gasteiger partial charge in [0.1, 0.15) is 5.76 Å². The lowest BCUT2D eigenvalue weighted by atomic mass is 10.4. The molecule has 0 saturated carbocycles. The van der Waals surface area contributed by atoms with Crippen LogP contribution in [-0.4, -0.2) is 17.6 Å². The summed E-state index contributed by atoms with van der Waals surface area (Å²) in [6, 6.07) is 3.10. The quantitative estimate of drug-likeness (QED) is 0.567. The molecular formula is C11H13NO3. The third-order valence-electron chi connectivity index (χ3n) is 1.78. The third-order valence-corrected chi connectivity index (χ3v) is 1.78. The molecule has 1 aromatic heterocycles. The lowest BCUT2D eigenvalue weighted by molar-refractivity contribution is 0.0660. The normalized spacial score (nSPS) is 9.40. The van der Waals surface area contributed by atoms with E-state index < -0.39 is 5.97 Å². The molecule has 0 aliphatic rings. The van der Waals surface area contributed by atoms with Crippen LogP contribution in [0.15, 0.2) is 16.5 Å². The second-order valence-electron chi connectivity index (χ2n) is 2.92. The van der Waals surface area contributed by atoms with E-state index in [2.05, 4.69) is 17.2 Å². The average Bonchev–Trinajstić information content (AvgIpc) is 2.66. The molecule has 0 saturated heterocycles. The molecule has 1 aromatic rings. The highest BCUT2D eigenvalue weighted by Crippen LogP contribution is 2.07. The van der Waals surface area contributed by atoms with Crippen molar-refractivity contribution in [2.75, 3.05) is 6.54 Å². The van der Waals surface area contributed by atoms with Gasteiger partial charge in [-0.1, -0.05) is 0 Å². The first-order chi connectivity index (χ1) is 7.24. The Morgan fingerprint density at radius 3 is 3.00 bits per heavy atom. The molecule has 0 amide bonds. The van der Waals surface area contributed by atoms with Crippen LogP contribution in [0.5, 0.6) is 0 Å². The van der Waals surface area contributed by atoms with Crippen LogP contribution in [0.2, 0.25) is 0 Å². The summed E-state index contributed by atoms with van der Waals surface area (Å²) in [6.45, 7) is 3.09. The van der Waals surface area contributed by atoms with Gasteiger partial charge in [0, 0.05) is 13.0 Å². The van der Waals surface area contributed by atoms with Gasteiger partial charge < -0.3 is 14.8 Å². The van der Waals surface area contributed by atoms with Gasteiger partial charge in [0.2, 0.25) is 5.76 Å². The first-order valence-corrected chi connectivity index (χ1v) is 4.66. The van der Waals surface area contributed by atoms with Gasteiger partial charge in [-0.3, -0.25) is 0 Å². The maximum atomic E-state index is 10.5. The van der Waals surface area contributed by atoms with Crippen molar-refractivity contribution < 1.29 is 14.3 Å². The van der Waals surface area contributed by atoms with Crippen LogP contribution in [0.25, 0.3) is 0 Å². The minimum absolute atomic E-state index is 0.0276. The Morgan fingerprint density at radius 2 is 2.40 bits per heavy atom. The highest BCUT2D eigenvalue weighted by molar-refractivity contribution is 5.84. The Kier molecular flexibility index (Phi) is 4.45. The number of carboxylic acids is 1. The van der Waals surface area contributed by atoms with E-state index in [0.717, 1.165) is 13.0 Å². The van der Waals surface area contributed by atoms with Crippen molar-refractivity contribution in [3.63, 3.8) is 0 Å². The van der Waals surface area contributed by atoms with Gasteiger partial charge in [0.15, 0.2) is 0 Å². The monoisotopic (exact) mass is 207 g/mol. The van der Waals surface area contributed by atoms with Crippen LogP contribution >= 0.6 is 0 Å². The van der Waals surface area contributed by atoms with Crippen LogP contribution < -0.4 is 5.32 Å². The molecule has 0 atom stereocenters. The van der Waals surface area contributed by atoms with Crippen LogP contribution in [0.1, 0.15) is 29.7 Å². The molecule has 4 heteroatoms. The molecule has 0 radical (unpaired) electrons. The summed E-state index contributed by atoms with van der Waals surface area (Å²) in [6.07, 6.45) is 0.781. The first-order valence-electron chi connectivity index (χ1n) is 4.66. The Bertz CT molecular complexity index is 384. The fourth-order valence-corrected chi connectivity index (χ4v) is 1.08. The molecular weight excluding hydrogens is 194 g/mol. The van der Waals surface area contributed by atoms with Gasteiger partial charge in [-0.25, -0.2) is 4.79 Å². The predicted molar refractivity (Wildman–Crippen MR) is 55.4 cm³/mol. The van der Waals surface area contributed by atoms with Crippen molar-refractivity contribution >= 4 is 5.97 Å². The number of carbonyl (C=O) groups is 1. The Hall–Kier alpha value is -1.73. The van der Waals surface area contributed by atoms with Crippen molar-refractivity contribution in [1.82, 2.24) is 5.32 Å². The van der Waals surface area contributed by atoms with Crippen molar-refractivity contribution in [2.45, 2.75) is 19.9 Å². The van der Waals surface area contributed by atoms with E-state index in [1.54, 1.807) is 13.0 Å². The zero-order valence-corrected chi connectivity index (χ0v) is 8.54. The third kappa shape index (κ3) is 3.88. The highest BCUT2D eigenvalue weighted by atomic mass is 16.4. The molecule has 4 nitrogen and oxygen atoms in total. The zero-order valence-electron chi connectivity index (χ0n) is 8.54. The average molecular weight is 207 g/mol. The molecule has 15 heavy (non-hydrogen) atoms. The number of hydrogen-bond donors (Lipinski definition) is 2. The van der Waals surface area contributed by atoms with E-state index in [1.165, 1.54) is 6.07 Å². The predicted octanol–water partition coefficient (Wildman–Crippen LogP) is 1.48.